The smallest absolute Gasteiger partial charge is 0.328 e. The summed E-state index contributed by atoms with van der Waals surface area (Å²) in [5.41, 5.74) is -0.536. The molecule has 1 N–H and O–H groups in total. The Balaban J connectivity index is 1.95. The van der Waals surface area contributed by atoms with Gasteiger partial charge in [0, 0.05) is 18.8 Å². The molecule has 0 fully saturated rings. The molecular formula is C15H13FN4O4. The third-order valence-corrected chi connectivity index (χ3v) is 3.40. The summed E-state index contributed by atoms with van der Waals surface area (Å²) in [5, 5.41) is 3.74. The van der Waals surface area contributed by atoms with Crippen molar-refractivity contribution in [2.75, 3.05) is 7.11 Å². The number of nitrogens with zero attached hydrogens (tertiary/aromatic N) is 3. The van der Waals surface area contributed by atoms with Gasteiger partial charge in [0.2, 0.25) is 11.7 Å². The third-order valence-electron chi connectivity index (χ3n) is 3.40. The molecule has 3 aromatic rings. The molecule has 0 saturated heterocycles. The second-order valence-electron chi connectivity index (χ2n) is 5.06. The van der Waals surface area contributed by atoms with E-state index >= 15 is 0 Å². The second-order valence-corrected chi connectivity index (χ2v) is 5.06. The molecule has 8 nitrogen and oxygen atoms in total. The van der Waals surface area contributed by atoms with Crippen LogP contribution in [0.1, 0.15) is 11.5 Å². The van der Waals surface area contributed by atoms with Crippen LogP contribution in [0.15, 0.2) is 38.5 Å². The highest BCUT2D eigenvalue weighted by molar-refractivity contribution is 5.50. The molecule has 0 unspecified atom stereocenters. The van der Waals surface area contributed by atoms with Crippen LogP contribution in [0.2, 0.25) is 0 Å². The minimum absolute atomic E-state index is 0.0391. The standard InChI is InChI=1S/C15H13FN4O4/c1-20-7-10(14(21)18-15(20)22)13-17-12(24-19-13)6-8-5-9(16)3-4-11(8)23-2/h3-5,7H,6H2,1-2H3,(H,18,21,22). The summed E-state index contributed by atoms with van der Waals surface area (Å²) >= 11 is 0. The van der Waals surface area contributed by atoms with Gasteiger partial charge in [0.15, 0.2) is 0 Å². The number of nitrogens with one attached hydrogen (secondary N) is 1. The molecule has 2 aromatic heterocycles. The SMILES string of the molecule is COc1ccc(F)cc1Cc1nc(-c2cn(C)c(=O)[nH]c2=O)no1. The van der Waals surface area contributed by atoms with E-state index in [0.717, 1.165) is 0 Å². The minimum atomic E-state index is -0.617. The van der Waals surface area contributed by atoms with Gasteiger partial charge in [-0.25, -0.2) is 9.18 Å². The molecule has 0 amide bonds. The Morgan fingerprint density at radius 3 is 2.92 bits per heavy atom. The molecule has 2 heterocycles. The zero-order valence-electron chi connectivity index (χ0n) is 12.9. The maximum Gasteiger partial charge on any atom is 0.328 e. The van der Waals surface area contributed by atoms with Gasteiger partial charge >= 0.3 is 5.69 Å². The number of rotatable bonds is 4. The van der Waals surface area contributed by atoms with Crippen LogP contribution < -0.4 is 16.0 Å². The first kappa shape index (κ1) is 15.7. The number of aromatic amines is 1. The van der Waals surface area contributed by atoms with Crippen molar-refractivity contribution in [3.05, 3.63) is 62.5 Å². The normalized spacial score (nSPS) is 10.8. The Labute approximate surface area is 134 Å². The summed E-state index contributed by atoms with van der Waals surface area (Å²) in [7, 11) is 2.96. The maximum absolute atomic E-state index is 13.4. The predicted molar refractivity (Wildman–Crippen MR) is 81.4 cm³/mol. The monoisotopic (exact) mass is 332 g/mol. The molecule has 0 aliphatic heterocycles. The van der Waals surface area contributed by atoms with E-state index in [4.69, 9.17) is 9.26 Å². The van der Waals surface area contributed by atoms with E-state index in [1.165, 1.54) is 43.1 Å². The number of hydrogen-bond donors (Lipinski definition) is 1. The highest BCUT2D eigenvalue weighted by Gasteiger charge is 2.15. The average Bonchev–Trinajstić information content (AvgIpc) is 2.99. The fraction of sp³-hybridized carbons (Fsp3) is 0.200. The Morgan fingerprint density at radius 2 is 2.17 bits per heavy atom. The summed E-state index contributed by atoms with van der Waals surface area (Å²) in [5.74, 6) is 0.288. The fourth-order valence-corrected chi connectivity index (χ4v) is 2.21. The van der Waals surface area contributed by atoms with Crippen LogP contribution in [-0.4, -0.2) is 26.8 Å². The summed E-state index contributed by atoms with van der Waals surface area (Å²) in [6.07, 6.45) is 1.45. The van der Waals surface area contributed by atoms with E-state index in [0.29, 0.717) is 11.3 Å². The van der Waals surface area contributed by atoms with E-state index in [2.05, 4.69) is 15.1 Å². The van der Waals surface area contributed by atoms with Crippen molar-refractivity contribution in [2.45, 2.75) is 6.42 Å². The number of aromatic nitrogens is 4. The lowest BCUT2D eigenvalue weighted by Crippen LogP contribution is -2.28. The van der Waals surface area contributed by atoms with Gasteiger partial charge in [0.1, 0.15) is 17.1 Å². The Kier molecular flexibility index (Phi) is 3.98. The number of halogens is 1. The first-order valence-electron chi connectivity index (χ1n) is 6.93. The first-order chi connectivity index (χ1) is 11.5. The molecule has 9 heteroatoms. The maximum atomic E-state index is 13.4. The van der Waals surface area contributed by atoms with Gasteiger partial charge in [-0.3, -0.25) is 9.78 Å². The van der Waals surface area contributed by atoms with E-state index < -0.39 is 17.1 Å². The number of benzene rings is 1. The van der Waals surface area contributed by atoms with Crippen molar-refractivity contribution in [1.29, 1.82) is 0 Å². The number of aryl methyl sites for hydroxylation is 1. The van der Waals surface area contributed by atoms with E-state index in [1.807, 2.05) is 0 Å². The lowest BCUT2D eigenvalue weighted by molar-refractivity contribution is 0.379. The molecule has 1 aromatic carbocycles. The number of H-pyrrole nitrogens is 1. The van der Waals surface area contributed by atoms with Gasteiger partial charge in [-0.15, -0.1) is 0 Å². The fourth-order valence-electron chi connectivity index (χ4n) is 2.21. The van der Waals surface area contributed by atoms with Crippen molar-refractivity contribution < 1.29 is 13.7 Å². The van der Waals surface area contributed by atoms with Crippen molar-refractivity contribution in [1.82, 2.24) is 19.7 Å². The van der Waals surface area contributed by atoms with E-state index in [9.17, 15) is 14.0 Å². The molecule has 0 radical (unpaired) electrons. The van der Waals surface area contributed by atoms with E-state index in [-0.39, 0.29) is 23.7 Å². The van der Waals surface area contributed by atoms with Crippen LogP contribution in [0, 0.1) is 5.82 Å². The van der Waals surface area contributed by atoms with E-state index in [1.54, 1.807) is 0 Å². The molecule has 124 valence electrons. The quantitative estimate of drug-likeness (QED) is 0.760. The van der Waals surface area contributed by atoms with Crippen LogP contribution >= 0.6 is 0 Å². The average molecular weight is 332 g/mol. The highest BCUT2D eigenvalue weighted by Crippen LogP contribution is 2.22. The van der Waals surface area contributed by atoms with Crippen molar-refractivity contribution in [2.24, 2.45) is 7.05 Å². The lowest BCUT2D eigenvalue weighted by Gasteiger charge is -2.05. The first-order valence-corrected chi connectivity index (χ1v) is 6.93. The zero-order chi connectivity index (χ0) is 17.3. The number of ether oxygens (including phenoxy) is 1. The Morgan fingerprint density at radius 1 is 1.38 bits per heavy atom. The minimum Gasteiger partial charge on any atom is -0.496 e. The van der Waals surface area contributed by atoms with Gasteiger partial charge in [-0.05, 0) is 18.2 Å². The van der Waals surface area contributed by atoms with Crippen molar-refractivity contribution >= 4 is 0 Å². The van der Waals surface area contributed by atoms with Gasteiger partial charge < -0.3 is 13.8 Å². The summed E-state index contributed by atoms with van der Waals surface area (Å²) < 4.78 is 24.9. The molecule has 0 aliphatic carbocycles. The topological polar surface area (TPSA) is 103 Å². The lowest BCUT2D eigenvalue weighted by atomic mass is 10.1. The third kappa shape index (κ3) is 2.96. The summed E-state index contributed by atoms with van der Waals surface area (Å²) in [4.78, 5) is 29.5. The highest BCUT2D eigenvalue weighted by atomic mass is 19.1. The predicted octanol–water partition coefficient (Wildman–Crippen LogP) is 0.862. The molecule has 0 saturated carbocycles. The summed E-state index contributed by atoms with van der Waals surface area (Å²) in [6.45, 7) is 0. The Hall–Kier alpha value is -3.23. The van der Waals surface area contributed by atoms with Gasteiger partial charge in [0.25, 0.3) is 5.56 Å². The molecule has 0 spiro atoms. The molecule has 3 rings (SSSR count). The second kappa shape index (κ2) is 6.11. The number of hydrogen-bond acceptors (Lipinski definition) is 6. The van der Waals surface area contributed by atoms with Crippen molar-refractivity contribution in [3.63, 3.8) is 0 Å². The number of methoxy groups -OCH3 is 1. The molecule has 0 bridgehead atoms. The van der Waals surface area contributed by atoms with Gasteiger partial charge in [0.05, 0.1) is 13.5 Å². The molecular weight excluding hydrogens is 319 g/mol. The molecule has 24 heavy (non-hydrogen) atoms. The van der Waals surface area contributed by atoms with Crippen LogP contribution in [0.4, 0.5) is 4.39 Å². The van der Waals surface area contributed by atoms with Crippen LogP contribution in [0.25, 0.3) is 11.4 Å². The molecule has 0 atom stereocenters. The van der Waals surface area contributed by atoms with Crippen LogP contribution in [-0.2, 0) is 13.5 Å². The van der Waals surface area contributed by atoms with Crippen molar-refractivity contribution in [3.8, 4) is 17.1 Å². The van der Waals surface area contributed by atoms with Gasteiger partial charge in [-0.1, -0.05) is 5.16 Å². The van der Waals surface area contributed by atoms with Crippen LogP contribution in [0.3, 0.4) is 0 Å². The zero-order valence-corrected chi connectivity index (χ0v) is 12.9. The Bertz CT molecular complexity index is 1010. The van der Waals surface area contributed by atoms with Gasteiger partial charge in [-0.2, -0.15) is 4.98 Å². The summed E-state index contributed by atoms with van der Waals surface area (Å²) in [6, 6.07) is 4.09. The largest absolute Gasteiger partial charge is 0.496 e. The van der Waals surface area contributed by atoms with Crippen LogP contribution in [0.5, 0.6) is 5.75 Å². The molecule has 0 aliphatic rings.